The number of hydrogen-bond donors (Lipinski definition) is 2. The largest absolute Gasteiger partial charge is 0.476 e. The van der Waals surface area contributed by atoms with Gasteiger partial charge in [-0.15, -0.1) is 0 Å². The minimum Gasteiger partial charge on any atom is -0.476 e. The molecule has 0 saturated heterocycles. The minimum absolute atomic E-state index is 0.110. The quantitative estimate of drug-likeness (QED) is 0.762. The zero-order valence-corrected chi connectivity index (χ0v) is 10.8. The van der Waals surface area contributed by atoms with Crippen molar-refractivity contribution in [2.45, 2.75) is 13.0 Å². The van der Waals surface area contributed by atoms with Crippen LogP contribution in [0, 0.1) is 0 Å². The van der Waals surface area contributed by atoms with Gasteiger partial charge in [-0.3, -0.25) is 4.40 Å². The molecule has 0 aliphatic carbocycles. The fourth-order valence-corrected chi connectivity index (χ4v) is 2.11. The van der Waals surface area contributed by atoms with Crippen LogP contribution in [0.3, 0.4) is 0 Å². The van der Waals surface area contributed by atoms with E-state index in [-0.39, 0.29) is 11.7 Å². The molecule has 20 heavy (non-hydrogen) atoms. The van der Waals surface area contributed by atoms with E-state index in [1.807, 2.05) is 19.1 Å². The van der Waals surface area contributed by atoms with E-state index in [0.717, 1.165) is 5.76 Å². The van der Waals surface area contributed by atoms with Crippen LogP contribution in [0.4, 0.5) is 5.82 Å². The van der Waals surface area contributed by atoms with E-state index in [1.165, 1.54) is 0 Å². The van der Waals surface area contributed by atoms with Gasteiger partial charge in [-0.05, 0) is 31.2 Å². The highest BCUT2D eigenvalue weighted by Gasteiger charge is 2.20. The summed E-state index contributed by atoms with van der Waals surface area (Å²) in [4.78, 5) is 15.8. The van der Waals surface area contributed by atoms with Gasteiger partial charge in [0, 0.05) is 6.20 Å². The Hall–Kier alpha value is -2.76. The highest BCUT2D eigenvalue weighted by molar-refractivity contribution is 5.93. The Bertz CT molecular complexity index is 746. The first-order valence-electron chi connectivity index (χ1n) is 6.17. The van der Waals surface area contributed by atoms with Crippen molar-refractivity contribution in [1.82, 2.24) is 9.38 Å². The third kappa shape index (κ3) is 2.01. The fourth-order valence-electron chi connectivity index (χ4n) is 2.11. The van der Waals surface area contributed by atoms with Crippen molar-refractivity contribution in [1.29, 1.82) is 0 Å². The maximum absolute atomic E-state index is 11.4. The zero-order valence-electron chi connectivity index (χ0n) is 10.8. The lowest BCUT2D eigenvalue weighted by Crippen LogP contribution is -2.11. The SMILES string of the molecule is CC(Nc1nc2ccccn2c1C(=O)O)c1ccco1. The summed E-state index contributed by atoms with van der Waals surface area (Å²) >= 11 is 0. The smallest absolute Gasteiger partial charge is 0.356 e. The van der Waals surface area contributed by atoms with E-state index in [2.05, 4.69) is 10.3 Å². The number of furan rings is 1. The number of aromatic carboxylic acids is 1. The Balaban J connectivity index is 2.02. The van der Waals surface area contributed by atoms with Crippen LogP contribution in [0.15, 0.2) is 47.2 Å². The number of fused-ring (bicyclic) bond motifs is 1. The van der Waals surface area contributed by atoms with Crippen LogP contribution in [0.25, 0.3) is 5.65 Å². The first kappa shape index (κ1) is 12.3. The van der Waals surface area contributed by atoms with Crippen LogP contribution in [0.1, 0.15) is 29.2 Å². The standard InChI is InChI=1S/C14H13N3O3/c1-9(10-5-4-8-20-10)15-13-12(14(18)19)17-7-3-2-6-11(17)16-13/h2-9,15H,1H3,(H,18,19). The van der Waals surface area contributed by atoms with Crippen molar-refractivity contribution in [2.75, 3.05) is 5.32 Å². The summed E-state index contributed by atoms with van der Waals surface area (Å²) in [7, 11) is 0. The van der Waals surface area contributed by atoms with E-state index in [0.29, 0.717) is 11.5 Å². The van der Waals surface area contributed by atoms with Gasteiger partial charge >= 0.3 is 5.97 Å². The summed E-state index contributed by atoms with van der Waals surface area (Å²) in [6.45, 7) is 1.88. The summed E-state index contributed by atoms with van der Waals surface area (Å²) in [6.07, 6.45) is 3.25. The Morgan fingerprint density at radius 3 is 2.95 bits per heavy atom. The molecular formula is C14H13N3O3. The number of nitrogens with one attached hydrogen (secondary N) is 1. The molecule has 0 saturated carbocycles. The molecule has 0 aliphatic heterocycles. The topological polar surface area (TPSA) is 79.8 Å². The number of hydrogen-bond acceptors (Lipinski definition) is 4. The van der Waals surface area contributed by atoms with Gasteiger partial charge in [-0.2, -0.15) is 0 Å². The zero-order chi connectivity index (χ0) is 14.1. The van der Waals surface area contributed by atoms with Crippen LogP contribution in [-0.4, -0.2) is 20.5 Å². The molecule has 102 valence electrons. The molecule has 6 heteroatoms. The average Bonchev–Trinajstić information content (AvgIpc) is 3.05. The van der Waals surface area contributed by atoms with Crippen molar-refractivity contribution < 1.29 is 14.3 Å². The van der Waals surface area contributed by atoms with Crippen LogP contribution < -0.4 is 5.32 Å². The highest BCUT2D eigenvalue weighted by Crippen LogP contribution is 2.23. The molecule has 0 aromatic carbocycles. The molecule has 2 N–H and O–H groups in total. The number of imidazole rings is 1. The second-order valence-corrected chi connectivity index (χ2v) is 4.42. The summed E-state index contributed by atoms with van der Waals surface area (Å²) < 4.78 is 6.84. The molecular weight excluding hydrogens is 258 g/mol. The molecule has 6 nitrogen and oxygen atoms in total. The first-order chi connectivity index (χ1) is 9.66. The molecule has 1 unspecified atom stereocenters. The molecule has 0 radical (unpaired) electrons. The van der Waals surface area contributed by atoms with Gasteiger partial charge < -0.3 is 14.8 Å². The van der Waals surface area contributed by atoms with E-state index in [4.69, 9.17) is 4.42 Å². The van der Waals surface area contributed by atoms with E-state index in [9.17, 15) is 9.90 Å². The number of anilines is 1. The minimum atomic E-state index is -1.03. The lowest BCUT2D eigenvalue weighted by molar-refractivity contribution is 0.0690. The van der Waals surface area contributed by atoms with E-state index < -0.39 is 5.97 Å². The third-order valence-electron chi connectivity index (χ3n) is 3.06. The second-order valence-electron chi connectivity index (χ2n) is 4.42. The van der Waals surface area contributed by atoms with E-state index in [1.54, 1.807) is 35.1 Å². The Kier molecular flexibility index (Phi) is 2.90. The average molecular weight is 271 g/mol. The van der Waals surface area contributed by atoms with Crippen molar-refractivity contribution in [3.8, 4) is 0 Å². The van der Waals surface area contributed by atoms with Gasteiger partial charge in [0.25, 0.3) is 0 Å². The van der Waals surface area contributed by atoms with Gasteiger partial charge in [-0.1, -0.05) is 6.07 Å². The third-order valence-corrected chi connectivity index (χ3v) is 3.06. The predicted molar refractivity (Wildman–Crippen MR) is 72.9 cm³/mol. The molecule has 0 bridgehead atoms. The second kappa shape index (κ2) is 4.73. The molecule has 0 aliphatic rings. The number of nitrogens with zero attached hydrogens (tertiary/aromatic N) is 2. The number of pyridine rings is 1. The monoisotopic (exact) mass is 271 g/mol. The summed E-state index contributed by atoms with van der Waals surface area (Å²) in [5.41, 5.74) is 0.693. The molecule has 0 amide bonds. The summed E-state index contributed by atoms with van der Waals surface area (Å²) in [6, 6.07) is 8.78. The van der Waals surface area contributed by atoms with Crippen LogP contribution in [0.2, 0.25) is 0 Å². The van der Waals surface area contributed by atoms with Crippen LogP contribution in [-0.2, 0) is 0 Å². The summed E-state index contributed by atoms with van der Waals surface area (Å²) in [5, 5.41) is 12.4. The van der Waals surface area contributed by atoms with Crippen LogP contribution in [0.5, 0.6) is 0 Å². The number of rotatable bonds is 4. The maximum Gasteiger partial charge on any atom is 0.356 e. The Labute approximate surface area is 114 Å². The van der Waals surface area contributed by atoms with Gasteiger partial charge in [0.15, 0.2) is 11.5 Å². The molecule has 0 fully saturated rings. The number of aromatic nitrogens is 2. The fraction of sp³-hybridized carbons (Fsp3) is 0.143. The number of carboxylic acid groups (broad SMARTS) is 1. The lowest BCUT2D eigenvalue weighted by Gasteiger charge is -2.11. The van der Waals surface area contributed by atoms with Gasteiger partial charge in [0.05, 0.1) is 12.3 Å². The molecule has 3 rings (SSSR count). The normalized spacial score (nSPS) is 12.4. The molecule has 1 atom stereocenters. The summed E-state index contributed by atoms with van der Waals surface area (Å²) in [5.74, 6) is 0.0174. The van der Waals surface area contributed by atoms with Gasteiger partial charge in [0.1, 0.15) is 11.4 Å². The molecule has 3 aromatic heterocycles. The lowest BCUT2D eigenvalue weighted by atomic mass is 10.2. The highest BCUT2D eigenvalue weighted by atomic mass is 16.4. The number of carbonyl (C=O) groups is 1. The number of carboxylic acids is 1. The van der Waals surface area contributed by atoms with Crippen molar-refractivity contribution in [3.05, 3.63) is 54.2 Å². The Morgan fingerprint density at radius 1 is 1.40 bits per heavy atom. The van der Waals surface area contributed by atoms with Crippen LogP contribution >= 0.6 is 0 Å². The Morgan fingerprint density at radius 2 is 2.25 bits per heavy atom. The first-order valence-corrected chi connectivity index (χ1v) is 6.17. The maximum atomic E-state index is 11.4. The molecule has 3 aromatic rings. The predicted octanol–water partition coefficient (Wildman–Crippen LogP) is 2.80. The van der Waals surface area contributed by atoms with Crippen molar-refractivity contribution in [3.63, 3.8) is 0 Å². The van der Waals surface area contributed by atoms with Gasteiger partial charge in [0.2, 0.25) is 0 Å². The molecule has 3 heterocycles. The molecule has 0 spiro atoms. The van der Waals surface area contributed by atoms with Crippen molar-refractivity contribution >= 4 is 17.4 Å². The van der Waals surface area contributed by atoms with Gasteiger partial charge in [-0.25, -0.2) is 9.78 Å². The van der Waals surface area contributed by atoms with Crippen molar-refractivity contribution in [2.24, 2.45) is 0 Å². The van der Waals surface area contributed by atoms with E-state index >= 15 is 0 Å².